The van der Waals surface area contributed by atoms with E-state index in [1.165, 1.54) is 6.42 Å². The van der Waals surface area contributed by atoms with Gasteiger partial charge in [0.1, 0.15) is 5.82 Å². The molecule has 19 heavy (non-hydrogen) atoms. The number of pyridine rings is 1. The van der Waals surface area contributed by atoms with Gasteiger partial charge < -0.3 is 15.5 Å². The van der Waals surface area contributed by atoms with Gasteiger partial charge in [0.25, 0.3) is 5.91 Å². The fourth-order valence-electron chi connectivity index (χ4n) is 2.44. The van der Waals surface area contributed by atoms with Gasteiger partial charge in [0.05, 0.1) is 5.56 Å². The molecule has 1 saturated heterocycles. The van der Waals surface area contributed by atoms with Gasteiger partial charge in [-0.25, -0.2) is 4.98 Å². The van der Waals surface area contributed by atoms with Crippen molar-refractivity contribution in [2.75, 3.05) is 32.0 Å². The van der Waals surface area contributed by atoms with Crippen molar-refractivity contribution in [2.24, 2.45) is 0 Å². The quantitative estimate of drug-likeness (QED) is 0.840. The molecule has 1 aliphatic heterocycles. The molecule has 1 aliphatic rings. The van der Waals surface area contributed by atoms with E-state index in [-0.39, 0.29) is 5.91 Å². The third-order valence-corrected chi connectivity index (χ3v) is 3.57. The molecule has 2 heterocycles. The first-order valence-electron chi connectivity index (χ1n) is 6.89. The number of carbonyl (C=O) groups excluding carboxylic acids is 1. The van der Waals surface area contributed by atoms with Crippen LogP contribution in [-0.2, 0) is 0 Å². The van der Waals surface area contributed by atoms with Crippen LogP contribution in [0.2, 0.25) is 0 Å². The molecule has 0 saturated carbocycles. The molecule has 0 bridgehead atoms. The second-order valence-corrected chi connectivity index (χ2v) is 4.92. The first-order chi connectivity index (χ1) is 9.22. The summed E-state index contributed by atoms with van der Waals surface area (Å²) in [7, 11) is 2.11. The maximum Gasteiger partial charge on any atom is 0.255 e. The highest BCUT2D eigenvalue weighted by Gasteiger charge is 2.21. The number of aromatic nitrogens is 1. The summed E-state index contributed by atoms with van der Waals surface area (Å²) in [6.07, 6.45) is 4.07. The largest absolute Gasteiger partial charge is 0.370 e. The van der Waals surface area contributed by atoms with Crippen LogP contribution >= 0.6 is 0 Å². The van der Waals surface area contributed by atoms with E-state index in [9.17, 15) is 4.79 Å². The highest BCUT2D eigenvalue weighted by molar-refractivity contribution is 5.98. The smallest absolute Gasteiger partial charge is 0.255 e. The Balaban J connectivity index is 1.95. The van der Waals surface area contributed by atoms with Gasteiger partial charge in [-0.15, -0.1) is 0 Å². The van der Waals surface area contributed by atoms with Gasteiger partial charge in [0, 0.05) is 25.3 Å². The first kappa shape index (κ1) is 13.8. The Morgan fingerprint density at radius 1 is 1.58 bits per heavy atom. The average Bonchev–Trinajstić information content (AvgIpc) is 2.82. The van der Waals surface area contributed by atoms with Crippen molar-refractivity contribution in [3.05, 3.63) is 23.9 Å². The molecule has 1 atom stereocenters. The normalized spacial score (nSPS) is 19.4. The van der Waals surface area contributed by atoms with E-state index in [1.807, 2.05) is 6.92 Å². The zero-order valence-corrected chi connectivity index (χ0v) is 11.6. The third kappa shape index (κ3) is 3.44. The summed E-state index contributed by atoms with van der Waals surface area (Å²) in [6.45, 7) is 4.57. The number of hydrogen-bond donors (Lipinski definition) is 2. The summed E-state index contributed by atoms with van der Waals surface area (Å²) >= 11 is 0. The van der Waals surface area contributed by atoms with Crippen LogP contribution in [0.3, 0.4) is 0 Å². The fraction of sp³-hybridized carbons (Fsp3) is 0.571. The van der Waals surface area contributed by atoms with Crippen molar-refractivity contribution in [3.63, 3.8) is 0 Å². The number of anilines is 1. The van der Waals surface area contributed by atoms with Crippen LogP contribution in [0, 0.1) is 0 Å². The Labute approximate surface area is 114 Å². The summed E-state index contributed by atoms with van der Waals surface area (Å²) < 4.78 is 0. The van der Waals surface area contributed by atoms with Gasteiger partial charge in [0.2, 0.25) is 0 Å². The molecule has 2 N–H and O–H groups in total. The minimum Gasteiger partial charge on any atom is -0.370 e. The molecule has 0 spiro atoms. The lowest BCUT2D eigenvalue weighted by atomic mass is 10.2. The number of carbonyl (C=O) groups is 1. The maximum atomic E-state index is 12.2. The van der Waals surface area contributed by atoms with E-state index in [4.69, 9.17) is 0 Å². The molecule has 0 aromatic carbocycles. The Hall–Kier alpha value is -1.62. The summed E-state index contributed by atoms with van der Waals surface area (Å²) in [6, 6.07) is 4.05. The van der Waals surface area contributed by atoms with Crippen LogP contribution < -0.4 is 10.6 Å². The zero-order chi connectivity index (χ0) is 13.7. The van der Waals surface area contributed by atoms with E-state index < -0.39 is 0 Å². The summed E-state index contributed by atoms with van der Waals surface area (Å²) in [4.78, 5) is 18.7. The molecule has 1 amide bonds. The molecule has 1 fully saturated rings. The van der Waals surface area contributed by atoms with E-state index in [2.05, 4.69) is 27.6 Å². The van der Waals surface area contributed by atoms with Crippen molar-refractivity contribution in [2.45, 2.75) is 25.8 Å². The topological polar surface area (TPSA) is 57.3 Å². The SMILES string of the molecule is CCNc1ncccc1C(=O)NCC1CCCN1C. The van der Waals surface area contributed by atoms with Crippen molar-refractivity contribution in [3.8, 4) is 0 Å². The lowest BCUT2D eigenvalue weighted by Gasteiger charge is -2.20. The van der Waals surface area contributed by atoms with Gasteiger partial charge >= 0.3 is 0 Å². The van der Waals surface area contributed by atoms with Crippen LogP contribution in [0.4, 0.5) is 5.82 Å². The molecule has 0 radical (unpaired) electrons. The van der Waals surface area contributed by atoms with Crippen LogP contribution in [0.1, 0.15) is 30.1 Å². The number of nitrogens with zero attached hydrogens (tertiary/aromatic N) is 2. The van der Waals surface area contributed by atoms with Crippen molar-refractivity contribution >= 4 is 11.7 Å². The highest BCUT2D eigenvalue weighted by atomic mass is 16.1. The second-order valence-electron chi connectivity index (χ2n) is 4.92. The molecule has 104 valence electrons. The van der Waals surface area contributed by atoms with Crippen LogP contribution in [-0.4, -0.2) is 48.5 Å². The fourth-order valence-corrected chi connectivity index (χ4v) is 2.44. The Morgan fingerprint density at radius 2 is 2.42 bits per heavy atom. The minimum absolute atomic E-state index is 0.0515. The van der Waals surface area contributed by atoms with Gasteiger partial charge in [-0.3, -0.25) is 4.79 Å². The number of hydrogen-bond acceptors (Lipinski definition) is 4. The van der Waals surface area contributed by atoms with Crippen molar-refractivity contribution < 1.29 is 4.79 Å². The first-order valence-corrected chi connectivity index (χ1v) is 6.89. The highest BCUT2D eigenvalue weighted by Crippen LogP contribution is 2.15. The molecular weight excluding hydrogens is 240 g/mol. The summed E-state index contributed by atoms with van der Waals surface area (Å²) in [5.74, 6) is 0.603. The van der Waals surface area contributed by atoms with Crippen molar-refractivity contribution in [1.82, 2.24) is 15.2 Å². The standard InChI is InChI=1S/C14H22N4O/c1-3-15-13-12(7-4-8-16-13)14(19)17-10-11-6-5-9-18(11)2/h4,7-8,11H,3,5-6,9-10H2,1-2H3,(H,15,16)(H,17,19). The monoisotopic (exact) mass is 262 g/mol. The number of likely N-dealkylation sites (tertiary alicyclic amines) is 1. The predicted molar refractivity (Wildman–Crippen MR) is 76.4 cm³/mol. The molecule has 0 aliphatic carbocycles. The molecule has 5 nitrogen and oxygen atoms in total. The third-order valence-electron chi connectivity index (χ3n) is 3.57. The Morgan fingerprint density at radius 3 is 3.11 bits per heavy atom. The van der Waals surface area contributed by atoms with Gasteiger partial charge in [-0.1, -0.05) is 0 Å². The lowest BCUT2D eigenvalue weighted by Crippen LogP contribution is -2.38. The van der Waals surface area contributed by atoms with Gasteiger partial charge in [-0.2, -0.15) is 0 Å². The summed E-state index contributed by atoms with van der Waals surface area (Å²) in [5, 5.41) is 6.12. The number of nitrogens with one attached hydrogen (secondary N) is 2. The van der Waals surface area contributed by atoms with Crippen LogP contribution in [0.5, 0.6) is 0 Å². The van der Waals surface area contributed by atoms with Crippen molar-refractivity contribution in [1.29, 1.82) is 0 Å². The Kier molecular flexibility index (Phi) is 4.74. The van der Waals surface area contributed by atoms with E-state index >= 15 is 0 Å². The number of rotatable bonds is 5. The van der Waals surface area contributed by atoms with Gasteiger partial charge in [0.15, 0.2) is 0 Å². The lowest BCUT2D eigenvalue weighted by molar-refractivity contribution is 0.0944. The average molecular weight is 262 g/mol. The summed E-state index contributed by atoms with van der Waals surface area (Å²) in [5.41, 5.74) is 0.616. The van der Waals surface area contributed by atoms with Crippen LogP contribution in [0.25, 0.3) is 0 Å². The van der Waals surface area contributed by atoms with Crippen LogP contribution in [0.15, 0.2) is 18.3 Å². The van der Waals surface area contributed by atoms with E-state index in [0.717, 1.165) is 19.5 Å². The number of amides is 1. The maximum absolute atomic E-state index is 12.2. The molecule has 1 aromatic rings. The predicted octanol–water partition coefficient (Wildman–Crippen LogP) is 1.34. The Bertz CT molecular complexity index is 435. The van der Waals surface area contributed by atoms with E-state index in [0.29, 0.717) is 24.0 Å². The number of likely N-dealkylation sites (N-methyl/N-ethyl adjacent to an activating group) is 1. The van der Waals surface area contributed by atoms with Gasteiger partial charge in [-0.05, 0) is 45.5 Å². The zero-order valence-electron chi connectivity index (χ0n) is 11.6. The molecule has 5 heteroatoms. The van der Waals surface area contributed by atoms with E-state index in [1.54, 1.807) is 18.3 Å². The molecular formula is C14H22N4O. The second kappa shape index (κ2) is 6.52. The molecule has 1 aromatic heterocycles. The molecule has 2 rings (SSSR count). The molecule has 1 unspecified atom stereocenters. The minimum atomic E-state index is -0.0515.